The van der Waals surface area contributed by atoms with Crippen LogP contribution < -0.4 is 5.32 Å². The largest absolute Gasteiger partial charge is 0.427 e. The molecule has 0 aromatic carbocycles. The van der Waals surface area contributed by atoms with Crippen molar-refractivity contribution in [3.05, 3.63) is 0 Å². The molecule has 0 atom stereocenters. The van der Waals surface area contributed by atoms with Crippen molar-refractivity contribution in [1.29, 1.82) is 0 Å². The summed E-state index contributed by atoms with van der Waals surface area (Å²) in [7, 11) is 0. The van der Waals surface area contributed by atoms with E-state index in [-0.39, 0.29) is 6.00 Å². The van der Waals surface area contributed by atoms with Crippen LogP contribution in [0.4, 0.5) is 4.79 Å². The molecule has 1 fully saturated rings. The molecule has 0 saturated carbocycles. The molecular formula is C7H13ClN2O2. The molecule has 1 aliphatic heterocycles. The first kappa shape index (κ1) is 9.61. The fraction of sp³-hybridized carbons (Fsp3) is 0.857. The lowest BCUT2D eigenvalue weighted by Gasteiger charge is -2.24. The molecule has 12 heavy (non-hydrogen) atoms. The van der Waals surface area contributed by atoms with Crippen LogP contribution in [-0.2, 0) is 4.84 Å². The van der Waals surface area contributed by atoms with Crippen molar-refractivity contribution >= 4 is 17.7 Å². The standard InChI is InChI=1S/C7H13ClN2O2/c8-6-9-7(11)12-10-4-2-1-3-5-10/h1-6H2,(H,9,11). The molecule has 0 radical (unpaired) electrons. The average molecular weight is 193 g/mol. The lowest BCUT2D eigenvalue weighted by molar-refractivity contribution is -0.110. The summed E-state index contributed by atoms with van der Waals surface area (Å²) < 4.78 is 0. The predicted octanol–water partition coefficient (Wildman–Crippen LogP) is 1.31. The number of amides is 1. The normalized spacial score (nSPS) is 18.8. The minimum atomic E-state index is -0.466. The van der Waals surface area contributed by atoms with E-state index < -0.39 is 6.09 Å². The molecular weight excluding hydrogens is 180 g/mol. The summed E-state index contributed by atoms with van der Waals surface area (Å²) in [6.45, 7) is 1.66. The number of nitrogens with zero attached hydrogens (tertiary/aromatic N) is 1. The molecule has 0 aromatic rings. The summed E-state index contributed by atoms with van der Waals surface area (Å²) in [6.07, 6.45) is 2.94. The van der Waals surface area contributed by atoms with Crippen LogP contribution in [0, 0.1) is 0 Å². The lowest BCUT2D eigenvalue weighted by atomic mass is 10.2. The average Bonchev–Trinajstić information content (AvgIpc) is 2.06. The Morgan fingerprint density at radius 1 is 1.42 bits per heavy atom. The van der Waals surface area contributed by atoms with Crippen LogP contribution >= 0.6 is 11.6 Å². The van der Waals surface area contributed by atoms with Crippen LogP contribution in [0.1, 0.15) is 19.3 Å². The molecule has 5 heteroatoms. The van der Waals surface area contributed by atoms with E-state index in [9.17, 15) is 4.79 Å². The molecule has 70 valence electrons. The van der Waals surface area contributed by atoms with Crippen LogP contribution in [0.2, 0.25) is 0 Å². The number of halogens is 1. The molecule has 0 aromatic heterocycles. The van der Waals surface area contributed by atoms with Gasteiger partial charge in [0.15, 0.2) is 0 Å². The van der Waals surface area contributed by atoms with Gasteiger partial charge in [-0.25, -0.2) is 4.79 Å². The zero-order chi connectivity index (χ0) is 8.81. The number of rotatable bonds is 2. The van der Waals surface area contributed by atoms with Crippen molar-refractivity contribution in [2.24, 2.45) is 0 Å². The number of piperidine rings is 1. The van der Waals surface area contributed by atoms with E-state index in [0.29, 0.717) is 0 Å². The van der Waals surface area contributed by atoms with Crippen molar-refractivity contribution in [1.82, 2.24) is 10.4 Å². The van der Waals surface area contributed by atoms with Gasteiger partial charge >= 0.3 is 6.09 Å². The SMILES string of the molecule is O=C(NCCl)ON1CCCCC1. The monoisotopic (exact) mass is 192 g/mol. The van der Waals surface area contributed by atoms with E-state index in [0.717, 1.165) is 25.9 Å². The van der Waals surface area contributed by atoms with E-state index in [4.69, 9.17) is 16.4 Å². The maximum Gasteiger partial charge on any atom is 0.427 e. The summed E-state index contributed by atoms with van der Waals surface area (Å²) in [5, 5.41) is 4.03. The Balaban J connectivity index is 2.15. The zero-order valence-corrected chi connectivity index (χ0v) is 7.64. The fourth-order valence-electron chi connectivity index (χ4n) is 1.16. The Morgan fingerprint density at radius 3 is 2.67 bits per heavy atom. The highest BCUT2D eigenvalue weighted by Gasteiger charge is 2.13. The third-order valence-corrected chi connectivity index (χ3v) is 1.87. The maximum absolute atomic E-state index is 10.9. The Morgan fingerprint density at radius 2 is 2.08 bits per heavy atom. The first-order valence-corrected chi connectivity index (χ1v) is 4.63. The Bertz CT molecular complexity index is 148. The van der Waals surface area contributed by atoms with Crippen molar-refractivity contribution < 1.29 is 9.63 Å². The highest BCUT2D eigenvalue weighted by atomic mass is 35.5. The number of hydrogen-bond donors (Lipinski definition) is 1. The molecule has 1 rings (SSSR count). The van der Waals surface area contributed by atoms with E-state index in [1.807, 2.05) is 0 Å². The van der Waals surface area contributed by atoms with Crippen LogP contribution in [-0.4, -0.2) is 30.2 Å². The Labute approximate surface area is 76.8 Å². The molecule has 1 amide bonds. The van der Waals surface area contributed by atoms with Gasteiger partial charge in [0, 0.05) is 13.1 Å². The van der Waals surface area contributed by atoms with Crippen LogP contribution in [0.25, 0.3) is 0 Å². The van der Waals surface area contributed by atoms with Crippen molar-refractivity contribution in [2.75, 3.05) is 19.1 Å². The second-order valence-corrected chi connectivity index (χ2v) is 2.95. The van der Waals surface area contributed by atoms with Gasteiger partial charge in [-0.3, -0.25) is 0 Å². The van der Waals surface area contributed by atoms with Gasteiger partial charge in [0.1, 0.15) is 0 Å². The molecule has 4 nitrogen and oxygen atoms in total. The molecule has 1 aliphatic rings. The topological polar surface area (TPSA) is 41.6 Å². The minimum absolute atomic E-state index is 0.0900. The molecule has 1 N–H and O–H groups in total. The smallest absolute Gasteiger partial charge is 0.351 e. The van der Waals surface area contributed by atoms with Crippen LogP contribution in [0.15, 0.2) is 0 Å². The molecule has 0 unspecified atom stereocenters. The number of alkyl halides is 1. The maximum atomic E-state index is 10.9. The van der Waals surface area contributed by atoms with Gasteiger partial charge in [-0.15, -0.1) is 16.7 Å². The number of hydroxylamine groups is 2. The second-order valence-electron chi connectivity index (χ2n) is 2.68. The third-order valence-electron chi connectivity index (χ3n) is 1.74. The van der Waals surface area contributed by atoms with Crippen molar-refractivity contribution in [3.63, 3.8) is 0 Å². The summed E-state index contributed by atoms with van der Waals surface area (Å²) >= 11 is 5.28. The molecule has 0 bridgehead atoms. The van der Waals surface area contributed by atoms with Gasteiger partial charge in [0.05, 0.1) is 6.00 Å². The van der Waals surface area contributed by atoms with E-state index in [1.165, 1.54) is 6.42 Å². The zero-order valence-electron chi connectivity index (χ0n) is 6.88. The summed E-state index contributed by atoms with van der Waals surface area (Å²) in [4.78, 5) is 15.8. The van der Waals surface area contributed by atoms with Gasteiger partial charge in [0.2, 0.25) is 0 Å². The molecule has 1 saturated heterocycles. The highest BCUT2D eigenvalue weighted by molar-refractivity contribution is 6.18. The Hall–Kier alpha value is -0.480. The third kappa shape index (κ3) is 3.28. The van der Waals surface area contributed by atoms with Crippen molar-refractivity contribution in [2.45, 2.75) is 19.3 Å². The van der Waals surface area contributed by atoms with Gasteiger partial charge in [0.25, 0.3) is 0 Å². The van der Waals surface area contributed by atoms with E-state index in [1.54, 1.807) is 5.06 Å². The predicted molar refractivity (Wildman–Crippen MR) is 45.8 cm³/mol. The van der Waals surface area contributed by atoms with E-state index >= 15 is 0 Å². The molecule has 1 heterocycles. The summed E-state index contributed by atoms with van der Waals surface area (Å²) in [6, 6.07) is 0.0900. The quantitative estimate of drug-likeness (QED) is 0.530. The van der Waals surface area contributed by atoms with Gasteiger partial charge in [-0.1, -0.05) is 6.42 Å². The van der Waals surface area contributed by atoms with Gasteiger partial charge in [-0.05, 0) is 12.8 Å². The Kier molecular flexibility index (Phi) is 4.18. The minimum Gasteiger partial charge on any atom is -0.351 e. The number of carbonyl (C=O) groups is 1. The number of hydrogen-bond acceptors (Lipinski definition) is 3. The number of nitrogens with one attached hydrogen (secondary N) is 1. The van der Waals surface area contributed by atoms with E-state index in [2.05, 4.69) is 5.32 Å². The summed E-state index contributed by atoms with van der Waals surface area (Å²) in [5.41, 5.74) is 0. The first-order valence-electron chi connectivity index (χ1n) is 4.09. The van der Waals surface area contributed by atoms with Crippen molar-refractivity contribution in [3.8, 4) is 0 Å². The molecule has 0 aliphatic carbocycles. The highest BCUT2D eigenvalue weighted by Crippen LogP contribution is 2.08. The van der Waals surface area contributed by atoms with Gasteiger partial charge < -0.3 is 10.2 Å². The lowest BCUT2D eigenvalue weighted by Crippen LogP contribution is -2.36. The summed E-state index contributed by atoms with van der Waals surface area (Å²) in [5.74, 6) is 0. The van der Waals surface area contributed by atoms with Crippen LogP contribution in [0.3, 0.4) is 0 Å². The van der Waals surface area contributed by atoms with Crippen LogP contribution in [0.5, 0.6) is 0 Å². The fourth-order valence-corrected chi connectivity index (χ4v) is 1.27. The van der Waals surface area contributed by atoms with Gasteiger partial charge in [-0.2, -0.15) is 0 Å². The number of carbonyl (C=O) groups excluding carboxylic acids is 1. The molecule has 0 spiro atoms. The second kappa shape index (κ2) is 5.22. The first-order chi connectivity index (χ1) is 5.83.